The molecule has 1 saturated heterocycles. The lowest BCUT2D eigenvalue weighted by Gasteiger charge is -2.38. The highest BCUT2D eigenvalue weighted by molar-refractivity contribution is 6.32. The molecule has 104 valence electrons. The monoisotopic (exact) mass is 283 g/mol. The lowest BCUT2D eigenvalue weighted by atomic mass is 10.1. The number of benzene rings is 1. The molecule has 1 heterocycles. The van der Waals surface area contributed by atoms with Crippen molar-refractivity contribution in [2.45, 2.75) is 32.4 Å². The first kappa shape index (κ1) is 14.2. The number of carbonyl (C=O) groups excluding carboxylic acids is 1. The van der Waals surface area contributed by atoms with E-state index in [1.807, 2.05) is 18.7 Å². The molecule has 4 nitrogen and oxygen atoms in total. The molecular weight excluding hydrogens is 266 g/mol. The van der Waals surface area contributed by atoms with E-state index in [1.54, 1.807) is 6.07 Å². The third-order valence-electron chi connectivity index (χ3n) is 3.39. The molecule has 1 aromatic carbocycles. The molecule has 0 spiro atoms. The molecule has 1 aliphatic heterocycles. The third-order valence-corrected chi connectivity index (χ3v) is 3.70. The minimum atomic E-state index is -0.0658. The number of amides is 1. The van der Waals surface area contributed by atoms with E-state index in [-0.39, 0.29) is 28.8 Å². The minimum absolute atomic E-state index is 0.0133. The summed E-state index contributed by atoms with van der Waals surface area (Å²) in [6.45, 7) is 5.13. The van der Waals surface area contributed by atoms with Crippen LogP contribution in [0, 0.1) is 0 Å². The highest BCUT2D eigenvalue weighted by Crippen LogP contribution is 2.25. The summed E-state index contributed by atoms with van der Waals surface area (Å²) in [5.74, 6) is -0.0792. The van der Waals surface area contributed by atoms with Crippen LogP contribution < -0.4 is 0 Å². The number of aromatic hydroxyl groups is 1. The molecule has 0 aliphatic carbocycles. The second-order valence-corrected chi connectivity index (χ2v) is 5.24. The van der Waals surface area contributed by atoms with Crippen LogP contribution >= 0.6 is 11.6 Å². The van der Waals surface area contributed by atoms with Crippen molar-refractivity contribution >= 4 is 17.5 Å². The van der Waals surface area contributed by atoms with Crippen LogP contribution in [0.5, 0.6) is 5.75 Å². The number of ether oxygens (including phenoxy) is 1. The second kappa shape index (κ2) is 5.80. The van der Waals surface area contributed by atoms with Crippen molar-refractivity contribution < 1.29 is 14.6 Å². The molecule has 1 amide bonds. The Morgan fingerprint density at radius 1 is 1.58 bits per heavy atom. The second-order valence-electron chi connectivity index (χ2n) is 4.83. The fourth-order valence-electron chi connectivity index (χ4n) is 2.24. The molecule has 0 bridgehead atoms. The van der Waals surface area contributed by atoms with Crippen molar-refractivity contribution in [3.05, 3.63) is 28.8 Å². The van der Waals surface area contributed by atoms with Gasteiger partial charge in [-0.15, -0.1) is 0 Å². The Bertz CT molecular complexity index is 478. The lowest BCUT2D eigenvalue weighted by molar-refractivity contribution is -0.0444. The summed E-state index contributed by atoms with van der Waals surface area (Å²) in [7, 11) is 0. The van der Waals surface area contributed by atoms with E-state index in [9.17, 15) is 9.90 Å². The van der Waals surface area contributed by atoms with Crippen LogP contribution in [0.25, 0.3) is 0 Å². The van der Waals surface area contributed by atoms with Crippen LogP contribution in [0.3, 0.4) is 0 Å². The molecule has 2 atom stereocenters. The largest absolute Gasteiger partial charge is 0.506 e. The SMILES string of the molecule is CCC1COC(C)CN1C(=O)c1ccc(O)c(Cl)c1. The van der Waals surface area contributed by atoms with Crippen LogP contribution in [0.4, 0.5) is 0 Å². The van der Waals surface area contributed by atoms with Gasteiger partial charge in [0.2, 0.25) is 0 Å². The van der Waals surface area contributed by atoms with E-state index >= 15 is 0 Å². The number of halogens is 1. The van der Waals surface area contributed by atoms with E-state index in [4.69, 9.17) is 16.3 Å². The maximum absolute atomic E-state index is 12.5. The fourth-order valence-corrected chi connectivity index (χ4v) is 2.42. The first-order chi connectivity index (χ1) is 9.02. The molecule has 0 aromatic heterocycles. The van der Waals surface area contributed by atoms with Crippen LogP contribution in [0.1, 0.15) is 30.6 Å². The zero-order valence-corrected chi connectivity index (χ0v) is 11.9. The quantitative estimate of drug-likeness (QED) is 0.908. The molecule has 2 rings (SSSR count). The summed E-state index contributed by atoms with van der Waals surface area (Å²) in [5.41, 5.74) is 0.496. The summed E-state index contributed by atoms with van der Waals surface area (Å²) in [4.78, 5) is 14.3. The predicted molar refractivity (Wildman–Crippen MR) is 73.6 cm³/mol. The van der Waals surface area contributed by atoms with Crippen molar-refractivity contribution in [2.24, 2.45) is 0 Å². The van der Waals surface area contributed by atoms with Crippen molar-refractivity contribution in [3.8, 4) is 5.75 Å². The molecule has 1 N–H and O–H groups in total. The Labute approximate surface area is 117 Å². The Hall–Kier alpha value is -1.26. The summed E-state index contributed by atoms with van der Waals surface area (Å²) in [6, 6.07) is 4.64. The van der Waals surface area contributed by atoms with Gasteiger partial charge in [-0.2, -0.15) is 0 Å². The molecule has 5 heteroatoms. The van der Waals surface area contributed by atoms with Crippen LogP contribution in [0.15, 0.2) is 18.2 Å². The van der Waals surface area contributed by atoms with Gasteiger partial charge < -0.3 is 14.7 Å². The normalized spacial score (nSPS) is 23.4. The standard InChI is InChI=1S/C14H18ClNO3/c1-3-11-8-19-9(2)7-16(11)14(18)10-4-5-13(17)12(15)6-10/h4-6,9,11,17H,3,7-8H2,1-2H3. The number of phenolic OH excluding ortho intramolecular Hbond substituents is 1. The molecule has 1 aromatic rings. The van der Waals surface area contributed by atoms with Gasteiger partial charge in [0.25, 0.3) is 5.91 Å². The average Bonchev–Trinajstić information content (AvgIpc) is 2.41. The van der Waals surface area contributed by atoms with Crippen molar-refractivity contribution in [3.63, 3.8) is 0 Å². The lowest BCUT2D eigenvalue weighted by Crippen LogP contribution is -2.51. The molecule has 1 aliphatic rings. The van der Waals surface area contributed by atoms with Crippen LogP contribution in [-0.4, -0.2) is 41.2 Å². The van der Waals surface area contributed by atoms with Gasteiger partial charge in [-0.05, 0) is 31.5 Å². The van der Waals surface area contributed by atoms with Crippen LogP contribution in [-0.2, 0) is 4.74 Å². The minimum Gasteiger partial charge on any atom is -0.506 e. The van der Waals surface area contributed by atoms with Gasteiger partial charge in [-0.25, -0.2) is 0 Å². The molecule has 1 fully saturated rings. The molecular formula is C14H18ClNO3. The molecule has 0 radical (unpaired) electrons. The smallest absolute Gasteiger partial charge is 0.254 e. The number of hydrogen-bond donors (Lipinski definition) is 1. The number of nitrogens with zero attached hydrogens (tertiary/aromatic N) is 1. The zero-order valence-electron chi connectivity index (χ0n) is 11.1. The van der Waals surface area contributed by atoms with E-state index < -0.39 is 0 Å². The highest BCUT2D eigenvalue weighted by Gasteiger charge is 2.30. The number of phenols is 1. The topological polar surface area (TPSA) is 49.8 Å². The number of rotatable bonds is 2. The van der Waals surface area contributed by atoms with Crippen molar-refractivity contribution in [1.29, 1.82) is 0 Å². The van der Waals surface area contributed by atoms with Gasteiger partial charge in [0.1, 0.15) is 5.75 Å². The summed E-state index contributed by atoms with van der Waals surface area (Å²) < 4.78 is 5.58. The van der Waals surface area contributed by atoms with Gasteiger partial charge in [0.15, 0.2) is 0 Å². The van der Waals surface area contributed by atoms with Gasteiger partial charge in [0.05, 0.1) is 23.8 Å². The molecule has 2 unspecified atom stereocenters. The number of morpholine rings is 1. The summed E-state index contributed by atoms with van der Waals surface area (Å²) >= 11 is 5.85. The Morgan fingerprint density at radius 3 is 2.95 bits per heavy atom. The number of hydrogen-bond acceptors (Lipinski definition) is 3. The summed E-state index contributed by atoms with van der Waals surface area (Å²) in [5, 5.41) is 9.59. The van der Waals surface area contributed by atoms with Gasteiger partial charge in [0, 0.05) is 12.1 Å². The Morgan fingerprint density at radius 2 is 2.32 bits per heavy atom. The Kier molecular flexibility index (Phi) is 4.32. The van der Waals surface area contributed by atoms with E-state index in [0.29, 0.717) is 18.7 Å². The van der Waals surface area contributed by atoms with Crippen molar-refractivity contribution in [2.75, 3.05) is 13.2 Å². The molecule has 19 heavy (non-hydrogen) atoms. The van der Waals surface area contributed by atoms with E-state index in [2.05, 4.69) is 0 Å². The fraction of sp³-hybridized carbons (Fsp3) is 0.500. The maximum atomic E-state index is 12.5. The van der Waals surface area contributed by atoms with E-state index in [1.165, 1.54) is 12.1 Å². The average molecular weight is 284 g/mol. The third kappa shape index (κ3) is 3.01. The van der Waals surface area contributed by atoms with Crippen molar-refractivity contribution in [1.82, 2.24) is 4.90 Å². The zero-order chi connectivity index (χ0) is 14.0. The van der Waals surface area contributed by atoms with Gasteiger partial charge >= 0.3 is 0 Å². The van der Waals surface area contributed by atoms with E-state index in [0.717, 1.165) is 6.42 Å². The first-order valence-electron chi connectivity index (χ1n) is 6.44. The Balaban J connectivity index is 2.23. The van der Waals surface area contributed by atoms with Gasteiger partial charge in [-0.3, -0.25) is 4.79 Å². The summed E-state index contributed by atoms with van der Waals surface area (Å²) in [6.07, 6.45) is 0.893. The first-order valence-corrected chi connectivity index (χ1v) is 6.81. The maximum Gasteiger partial charge on any atom is 0.254 e. The van der Waals surface area contributed by atoms with Crippen LogP contribution in [0.2, 0.25) is 5.02 Å². The van der Waals surface area contributed by atoms with Gasteiger partial charge in [-0.1, -0.05) is 18.5 Å². The predicted octanol–water partition coefficient (Wildman–Crippen LogP) is 2.69. The molecule has 0 saturated carbocycles. The highest BCUT2D eigenvalue weighted by atomic mass is 35.5. The number of carbonyl (C=O) groups is 1.